The molecule has 0 aromatic carbocycles. The van der Waals surface area contributed by atoms with E-state index >= 15 is 0 Å². The fourth-order valence-electron chi connectivity index (χ4n) is 1.66. The molecule has 0 aromatic heterocycles. The van der Waals surface area contributed by atoms with Gasteiger partial charge in [-0.15, -0.1) is 0 Å². The maximum atomic E-state index is 8.44. The van der Waals surface area contributed by atoms with Gasteiger partial charge in [0, 0.05) is 0 Å². The van der Waals surface area contributed by atoms with Crippen LogP contribution in [0.25, 0.3) is 0 Å². The highest BCUT2D eigenvalue weighted by Crippen LogP contribution is 2.31. The summed E-state index contributed by atoms with van der Waals surface area (Å²) in [6.45, 7) is 0.777. The Morgan fingerprint density at radius 2 is 1.92 bits per heavy atom. The molecule has 6 nitrogen and oxygen atoms in total. The first-order chi connectivity index (χ1) is 6.18. The van der Waals surface area contributed by atoms with Gasteiger partial charge in [-0.25, -0.2) is 4.84 Å². The molecule has 2 N–H and O–H groups in total. The van der Waals surface area contributed by atoms with Gasteiger partial charge in [-0.05, 0) is 0 Å². The van der Waals surface area contributed by atoms with Crippen molar-refractivity contribution in [2.75, 3.05) is 13.2 Å². The van der Waals surface area contributed by atoms with Crippen LogP contribution in [-0.4, -0.2) is 52.6 Å². The lowest BCUT2D eigenvalue weighted by Gasteiger charge is -2.16. The number of nitrogens with zero attached hydrogens (tertiary/aromatic N) is 1. The Morgan fingerprint density at radius 3 is 2.62 bits per heavy atom. The SMILES string of the molecule is ON(O)O[C@@H]1CO[C@@H]2C(S)CO[C@@H]21. The predicted molar refractivity (Wildman–Crippen MR) is 42.5 cm³/mol. The van der Waals surface area contributed by atoms with Crippen LogP contribution in [-0.2, 0) is 14.3 Å². The van der Waals surface area contributed by atoms with Gasteiger partial charge in [0.05, 0.1) is 23.9 Å². The van der Waals surface area contributed by atoms with Gasteiger partial charge in [0.2, 0.25) is 0 Å². The van der Waals surface area contributed by atoms with Gasteiger partial charge in [0.1, 0.15) is 18.3 Å². The lowest BCUT2D eigenvalue weighted by atomic mass is 10.1. The fourth-order valence-corrected chi connectivity index (χ4v) is 2.00. The van der Waals surface area contributed by atoms with Crippen molar-refractivity contribution in [1.82, 2.24) is 5.39 Å². The van der Waals surface area contributed by atoms with E-state index in [1.54, 1.807) is 0 Å². The molecule has 0 saturated carbocycles. The van der Waals surface area contributed by atoms with Crippen LogP contribution in [0.2, 0.25) is 0 Å². The number of ether oxygens (including phenoxy) is 2. The van der Waals surface area contributed by atoms with Crippen LogP contribution >= 0.6 is 12.6 Å². The van der Waals surface area contributed by atoms with Crippen LogP contribution in [0.3, 0.4) is 0 Å². The monoisotopic (exact) mass is 209 g/mol. The highest BCUT2D eigenvalue weighted by atomic mass is 32.1. The van der Waals surface area contributed by atoms with Crippen molar-refractivity contribution >= 4 is 12.6 Å². The summed E-state index contributed by atoms with van der Waals surface area (Å²) in [5.41, 5.74) is 0. The van der Waals surface area contributed by atoms with Crippen LogP contribution in [0.1, 0.15) is 0 Å². The van der Waals surface area contributed by atoms with Gasteiger partial charge in [0.15, 0.2) is 0 Å². The molecule has 0 aliphatic carbocycles. The Labute approximate surface area is 80.3 Å². The summed E-state index contributed by atoms with van der Waals surface area (Å²) in [6, 6.07) is 0. The lowest BCUT2D eigenvalue weighted by Crippen LogP contribution is -2.35. The summed E-state index contributed by atoms with van der Waals surface area (Å²) in [4.78, 5) is 4.63. The summed E-state index contributed by atoms with van der Waals surface area (Å²) in [5.74, 6) is 0. The van der Waals surface area contributed by atoms with E-state index < -0.39 is 6.10 Å². The maximum Gasteiger partial charge on any atom is 0.136 e. The van der Waals surface area contributed by atoms with Crippen molar-refractivity contribution < 1.29 is 24.7 Å². The van der Waals surface area contributed by atoms with Crippen molar-refractivity contribution in [3.8, 4) is 0 Å². The zero-order valence-electron chi connectivity index (χ0n) is 6.74. The average molecular weight is 209 g/mol. The van der Waals surface area contributed by atoms with Crippen molar-refractivity contribution in [1.29, 1.82) is 0 Å². The zero-order valence-corrected chi connectivity index (χ0v) is 7.63. The van der Waals surface area contributed by atoms with E-state index in [4.69, 9.17) is 19.9 Å². The Balaban J connectivity index is 1.94. The highest BCUT2D eigenvalue weighted by Gasteiger charge is 2.47. The first-order valence-electron chi connectivity index (χ1n) is 3.94. The normalized spacial score (nSPS) is 44.3. The summed E-state index contributed by atoms with van der Waals surface area (Å²) in [6.07, 6.45) is -0.852. The van der Waals surface area contributed by atoms with Crippen LogP contribution in [0.15, 0.2) is 0 Å². The van der Waals surface area contributed by atoms with E-state index in [0.29, 0.717) is 6.61 Å². The molecule has 0 amide bonds. The second-order valence-electron chi connectivity index (χ2n) is 3.06. The minimum atomic E-state index is -0.475. The van der Waals surface area contributed by atoms with E-state index in [0.717, 1.165) is 0 Å². The number of hydrogen-bond donors (Lipinski definition) is 3. The molecule has 76 valence electrons. The molecular formula is C6H11NO5S. The van der Waals surface area contributed by atoms with Gasteiger partial charge in [-0.1, -0.05) is 0 Å². The Hall–Kier alpha value is 0.110. The van der Waals surface area contributed by atoms with Gasteiger partial charge >= 0.3 is 0 Å². The summed E-state index contributed by atoms with van der Waals surface area (Å²) < 4.78 is 10.7. The number of fused-ring (bicyclic) bond motifs is 1. The smallest absolute Gasteiger partial charge is 0.136 e. The molecule has 2 saturated heterocycles. The van der Waals surface area contributed by atoms with Crippen LogP contribution in [0, 0.1) is 0 Å². The van der Waals surface area contributed by atoms with Crippen molar-refractivity contribution in [3.63, 3.8) is 0 Å². The molecule has 4 atom stereocenters. The third-order valence-electron chi connectivity index (χ3n) is 2.21. The molecule has 2 fully saturated rings. The molecule has 13 heavy (non-hydrogen) atoms. The van der Waals surface area contributed by atoms with E-state index in [9.17, 15) is 0 Å². The first kappa shape index (κ1) is 9.66. The number of hydrogen-bond acceptors (Lipinski definition) is 7. The van der Waals surface area contributed by atoms with Crippen molar-refractivity contribution in [2.45, 2.75) is 23.6 Å². The molecule has 7 heteroatoms. The third-order valence-corrected chi connectivity index (χ3v) is 2.65. The summed E-state index contributed by atoms with van der Waals surface area (Å²) >= 11 is 4.25. The summed E-state index contributed by atoms with van der Waals surface area (Å²) in [7, 11) is 0. The topological polar surface area (TPSA) is 71.4 Å². The van der Waals surface area contributed by atoms with E-state index in [1.165, 1.54) is 0 Å². The molecule has 0 aromatic rings. The molecule has 0 spiro atoms. The lowest BCUT2D eigenvalue weighted by molar-refractivity contribution is -0.507. The Bertz CT molecular complexity index is 192. The standard InChI is InChI=1S/C6H11NO5S/c8-7(9)12-3-1-10-6-4(13)2-11-5(3)6/h3-6,8-9,13H,1-2H2/t3-,4?,5-,6-/m1/s1. The number of thiol groups is 1. The molecule has 2 heterocycles. The van der Waals surface area contributed by atoms with Gasteiger partial charge in [-0.3, -0.25) is 10.4 Å². The fraction of sp³-hybridized carbons (Fsp3) is 1.00. The quantitative estimate of drug-likeness (QED) is 0.419. The van der Waals surface area contributed by atoms with E-state index in [2.05, 4.69) is 17.5 Å². The molecule has 2 rings (SSSR count). The largest absolute Gasteiger partial charge is 0.371 e. The summed E-state index contributed by atoms with van der Waals surface area (Å²) in [5, 5.41) is 16.6. The van der Waals surface area contributed by atoms with Crippen LogP contribution in [0.5, 0.6) is 0 Å². The van der Waals surface area contributed by atoms with E-state index in [-0.39, 0.29) is 29.5 Å². The second-order valence-corrected chi connectivity index (χ2v) is 3.72. The van der Waals surface area contributed by atoms with Crippen molar-refractivity contribution in [2.24, 2.45) is 0 Å². The van der Waals surface area contributed by atoms with Crippen LogP contribution < -0.4 is 0 Å². The van der Waals surface area contributed by atoms with Crippen molar-refractivity contribution in [3.05, 3.63) is 0 Å². The minimum absolute atomic E-state index is 0.0319. The van der Waals surface area contributed by atoms with Crippen LogP contribution in [0.4, 0.5) is 0 Å². The Morgan fingerprint density at radius 1 is 1.23 bits per heavy atom. The maximum absolute atomic E-state index is 8.44. The molecule has 2 aliphatic heterocycles. The molecule has 0 bridgehead atoms. The first-order valence-corrected chi connectivity index (χ1v) is 4.46. The average Bonchev–Trinajstić information content (AvgIpc) is 2.56. The minimum Gasteiger partial charge on any atom is -0.371 e. The zero-order chi connectivity index (χ0) is 9.42. The Kier molecular flexibility index (Phi) is 2.75. The molecule has 1 unspecified atom stereocenters. The molecular weight excluding hydrogens is 198 g/mol. The third kappa shape index (κ3) is 1.82. The highest BCUT2D eigenvalue weighted by molar-refractivity contribution is 7.81. The second kappa shape index (κ2) is 3.70. The number of rotatable bonds is 2. The van der Waals surface area contributed by atoms with Gasteiger partial charge < -0.3 is 9.47 Å². The predicted octanol–water partition coefficient (Wildman–Crippen LogP) is -0.537. The van der Waals surface area contributed by atoms with Gasteiger partial charge in [-0.2, -0.15) is 12.6 Å². The molecule has 2 aliphatic rings. The van der Waals surface area contributed by atoms with E-state index in [1.807, 2.05) is 0 Å². The van der Waals surface area contributed by atoms with Gasteiger partial charge in [0.25, 0.3) is 0 Å². The molecule has 0 radical (unpaired) electrons.